The molecule has 0 aliphatic carbocycles. The van der Waals surface area contributed by atoms with E-state index in [1.165, 1.54) is 5.69 Å². The number of hydrogen-bond acceptors (Lipinski definition) is 7. The summed E-state index contributed by atoms with van der Waals surface area (Å²) in [6, 6.07) is 8.41. The van der Waals surface area contributed by atoms with Gasteiger partial charge in [-0.2, -0.15) is 5.10 Å². The van der Waals surface area contributed by atoms with Crippen molar-refractivity contribution in [3.63, 3.8) is 0 Å². The quantitative estimate of drug-likeness (QED) is 0.607. The number of rotatable bonds is 6. The largest absolute Gasteiger partial charge is 0.497 e. The van der Waals surface area contributed by atoms with Gasteiger partial charge in [0.25, 0.3) is 0 Å². The molecule has 1 fully saturated rings. The summed E-state index contributed by atoms with van der Waals surface area (Å²) >= 11 is 0. The molecule has 8 nitrogen and oxygen atoms in total. The van der Waals surface area contributed by atoms with Gasteiger partial charge in [0, 0.05) is 38.1 Å². The van der Waals surface area contributed by atoms with Gasteiger partial charge < -0.3 is 19.7 Å². The third-order valence-electron chi connectivity index (χ3n) is 5.80. The minimum atomic E-state index is -0.363. The zero-order valence-corrected chi connectivity index (χ0v) is 18.5. The monoisotopic (exact) mass is 423 g/mol. The first-order valence-electron chi connectivity index (χ1n) is 10.7. The van der Waals surface area contributed by atoms with Crippen LogP contribution in [0.1, 0.15) is 35.8 Å². The van der Waals surface area contributed by atoms with Crippen molar-refractivity contribution in [2.75, 3.05) is 37.0 Å². The van der Waals surface area contributed by atoms with Crippen LogP contribution in [-0.2, 0) is 11.8 Å². The molecule has 0 bridgehead atoms. The predicted molar refractivity (Wildman–Crippen MR) is 121 cm³/mol. The molecular formula is C23H29N5O3. The summed E-state index contributed by atoms with van der Waals surface area (Å²) in [6.07, 6.45) is 3.51. The lowest BCUT2D eigenvalue weighted by molar-refractivity contribution is 0.0527. The third kappa shape index (κ3) is 4.15. The number of anilines is 2. The van der Waals surface area contributed by atoms with E-state index >= 15 is 0 Å². The number of esters is 1. The topological polar surface area (TPSA) is 81.5 Å². The van der Waals surface area contributed by atoms with Gasteiger partial charge in [0.2, 0.25) is 0 Å². The van der Waals surface area contributed by atoms with Crippen LogP contribution in [0.4, 0.5) is 11.4 Å². The fourth-order valence-electron chi connectivity index (χ4n) is 4.20. The van der Waals surface area contributed by atoms with E-state index in [1.54, 1.807) is 24.9 Å². The molecule has 1 N–H and O–H groups in total. The van der Waals surface area contributed by atoms with Crippen LogP contribution in [0, 0.1) is 6.92 Å². The van der Waals surface area contributed by atoms with Crippen LogP contribution in [0.15, 0.2) is 30.5 Å². The Bertz CT molecular complexity index is 1070. The Hall–Kier alpha value is -3.29. The molecule has 1 aromatic carbocycles. The molecule has 0 saturated carbocycles. The highest BCUT2D eigenvalue weighted by atomic mass is 16.5. The Morgan fingerprint density at radius 2 is 1.94 bits per heavy atom. The number of carbonyl (C=O) groups excluding carboxylic acids is 1. The number of piperidine rings is 1. The van der Waals surface area contributed by atoms with Crippen LogP contribution in [-0.4, -0.2) is 53.6 Å². The number of methoxy groups -OCH3 is 1. The summed E-state index contributed by atoms with van der Waals surface area (Å²) in [7, 11) is 3.54. The van der Waals surface area contributed by atoms with Crippen LogP contribution >= 0.6 is 0 Å². The number of nitrogens with one attached hydrogen (secondary N) is 1. The van der Waals surface area contributed by atoms with Gasteiger partial charge in [0.15, 0.2) is 5.65 Å². The summed E-state index contributed by atoms with van der Waals surface area (Å²) in [5.74, 6) is 0.499. The number of carbonyl (C=O) groups is 1. The SMILES string of the molecule is CCOC(=O)c1cnc2c(c(C)nn2C)c1NC1CCN(c2ccc(OC)cc2)CC1. The molecule has 31 heavy (non-hydrogen) atoms. The van der Waals surface area contributed by atoms with Gasteiger partial charge in [-0.3, -0.25) is 4.68 Å². The minimum Gasteiger partial charge on any atom is -0.497 e. The van der Waals surface area contributed by atoms with Gasteiger partial charge >= 0.3 is 5.97 Å². The average Bonchev–Trinajstić information content (AvgIpc) is 3.08. The van der Waals surface area contributed by atoms with E-state index < -0.39 is 0 Å². The zero-order valence-electron chi connectivity index (χ0n) is 18.5. The Kier molecular flexibility index (Phi) is 5.97. The van der Waals surface area contributed by atoms with E-state index in [2.05, 4.69) is 32.4 Å². The van der Waals surface area contributed by atoms with Crippen molar-refractivity contribution >= 4 is 28.4 Å². The van der Waals surface area contributed by atoms with Crippen molar-refractivity contribution in [2.24, 2.45) is 7.05 Å². The Morgan fingerprint density at radius 1 is 1.23 bits per heavy atom. The first kappa shape index (κ1) is 21.0. The van der Waals surface area contributed by atoms with Gasteiger partial charge in [-0.15, -0.1) is 0 Å². The second-order valence-corrected chi connectivity index (χ2v) is 7.78. The maximum absolute atomic E-state index is 12.6. The number of hydrogen-bond donors (Lipinski definition) is 1. The Labute approximate surface area is 182 Å². The molecule has 1 aliphatic heterocycles. The van der Waals surface area contributed by atoms with Crippen LogP contribution in [0.3, 0.4) is 0 Å². The molecule has 8 heteroatoms. The molecule has 0 unspecified atom stereocenters. The van der Waals surface area contributed by atoms with Crippen molar-refractivity contribution in [3.05, 3.63) is 41.7 Å². The third-order valence-corrected chi connectivity index (χ3v) is 5.80. The lowest BCUT2D eigenvalue weighted by Gasteiger charge is -2.34. The van der Waals surface area contributed by atoms with Gasteiger partial charge in [0.05, 0.1) is 30.5 Å². The van der Waals surface area contributed by atoms with E-state index in [4.69, 9.17) is 9.47 Å². The molecule has 0 amide bonds. The lowest BCUT2D eigenvalue weighted by Crippen LogP contribution is -2.39. The zero-order chi connectivity index (χ0) is 22.0. The highest BCUT2D eigenvalue weighted by Gasteiger charge is 2.25. The van der Waals surface area contributed by atoms with Crippen molar-refractivity contribution in [1.29, 1.82) is 0 Å². The predicted octanol–water partition coefficient (Wildman–Crippen LogP) is 3.54. The fourth-order valence-corrected chi connectivity index (χ4v) is 4.20. The van der Waals surface area contributed by atoms with E-state index in [-0.39, 0.29) is 12.0 Å². The summed E-state index contributed by atoms with van der Waals surface area (Å²) in [4.78, 5) is 19.5. The first-order valence-corrected chi connectivity index (χ1v) is 10.7. The van der Waals surface area contributed by atoms with Crippen molar-refractivity contribution in [2.45, 2.75) is 32.7 Å². The van der Waals surface area contributed by atoms with Crippen LogP contribution in [0.2, 0.25) is 0 Å². The number of pyridine rings is 1. The van der Waals surface area contributed by atoms with Gasteiger partial charge in [0.1, 0.15) is 11.3 Å². The lowest BCUT2D eigenvalue weighted by atomic mass is 10.0. The van der Waals surface area contributed by atoms with Crippen LogP contribution in [0.25, 0.3) is 11.0 Å². The van der Waals surface area contributed by atoms with Gasteiger partial charge in [-0.1, -0.05) is 0 Å². The molecule has 3 aromatic rings. The fraction of sp³-hybridized carbons (Fsp3) is 0.435. The highest BCUT2D eigenvalue weighted by Crippen LogP contribution is 2.31. The van der Waals surface area contributed by atoms with Crippen molar-refractivity contribution in [1.82, 2.24) is 14.8 Å². The molecule has 1 aliphatic rings. The number of aryl methyl sites for hydroxylation is 2. The van der Waals surface area contributed by atoms with E-state index in [9.17, 15) is 4.79 Å². The smallest absolute Gasteiger partial charge is 0.341 e. The van der Waals surface area contributed by atoms with E-state index in [0.29, 0.717) is 12.2 Å². The molecule has 2 aromatic heterocycles. The van der Waals surface area contributed by atoms with Gasteiger partial charge in [-0.05, 0) is 51.0 Å². The molecule has 3 heterocycles. The second-order valence-electron chi connectivity index (χ2n) is 7.78. The van der Waals surface area contributed by atoms with E-state index in [1.807, 2.05) is 26.1 Å². The first-order chi connectivity index (χ1) is 15.0. The van der Waals surface area contributed by atoms with Crippen LogP contribution in [0.5, 0.6) is 5.75 Å². The van der Waals surface area contributed by atoms with Crippen molar-refractivity contribution in [3.8, 4) is 5.75 Å². The molecule has 164 valence electrons. The standard InChI is InChI=1S/C23H29N5O3/c1-5-31-23(29)19-14-24-22-20(15(2)26-27(22)3)21(19)25-16-10-12-28(13-11-16)17-6-8-18(30-4)9-7-17/h6-9,14,16H,5,10-13H2,1-4H3,(H,24,25). The molecule has 1 saturated heterocycles. The number of benzene rings is 1. The molecular weight excluding hydrogens is 394 g/mol. The average molecular weight is 424 g/mol. The van der Waals surface area contributed by atoms with E-state index in [0.717, 1.165) is 54.1 Å². The Morgan fingerprint density at radius 3 is 2.58 bits per heavy atom. The second kappa shape index (κ2) is 8.83. The summed E-state index contributed by atoms with van der Waals surface area (Å²) in [5.41, 5.74) is 4.03. The maximum atomic E-state index is 12.6. The van der Waals surface area contributed by atoms with Crippen LogP contribution < -0.4 is 15.0 Å². The van der Waals surface area contributed by atoms with Gasteiger partial charge in [-0.25, -0.2) is 9.78 Å². The minimum absolute atomic E-state index is 0.243. The summed E-state index contributed by atoms with van der Waals surface area (Å²) in [6.45, 7) is 5.93. The summed E-state index contributed by atoms with van der Waals surface area (Å²) < 4.78 is 12.3. The highest BCUT2D eigenvalue weighted by molar-refractivity contribution is 6.05. The molecule has 0 atom stereocenters. The Balaban J connectivity index is 1.55. The number of nitrogens with zero attached hydrogens (tertiary/aromatic N) is 4. The molecule has 0 radical (unpaired) electrons. The number of aromatic nitrogens is 3. The maximum Gasteiger partial charge on any atom is 0.341 e. The molecule has 0 spiro atoms. The molecule has 4 rings (SSSR count). The summed E-state index contributed by atoms with van der Waals surface area (Å²) in [5, 5.41) is 9.02. The normalized spacial score (nSPS) is 14.6. The number of fused-ring (bicyclic) bond motifs is 1. The number of ether oxygens (including phenoxy) is 2. The van der Waals surface area contributed by atoms with Crippen molar-refractivity contribution < 1.29 is 14.3 Å².